The van der Waals surface area contributed by atoms with Crippen LogP contribution in [-0.4, -0.2) is 13.1 Å². The average molecular weight is 231 g/mol. The third-order valence-electron chi connectivity index (χ3n) is 3.82. The lowest BCUT2D eigenvalue weighted by Gasteiger charge is -2.10. The lowest BCUT2D eigenvalue weighted by Crippen LogP contribution is -2.22. The highest BCUT2D eigenvalue weighted by atomic mass is 14.9. The maximum Gasteiger partial charge on any atom is -0.00205 e. The summed E-state index contributed by atoms with van der Waals surface area (Å²) in [5, 5.41) is 3.61. The van der Waals surface area contributed by atoms with E-state index >= 15 is 0 Å². The molecule has 1 aliphatic rings. The minimum absolute atomic E-state index is 0.976. The van der Waals surface area contributed by atoms with Crippen molar-refractivity contribution in [3.63, 3.8) is 0 Å². The summed E-state index contributed by atoms with van der Waals surface area (Å²) < 4.78 is 0. The monoisotopic (exact) mass is 231 g/mol. The van der Waals surface area contributed by atoms with Crippen molar-refractivity contribution in [2.75, 3.05) is 13.1 Å². The molecule has 0 saturated heterocycles. The van der Waals surface area contributed by atoms with E-state index in [1.165, 1.54) is 63.6 Å². The van der Waals surface area contributed by atoms with Gasteiger partial charge in [0.25, 0.3) is 0 Å². The SMILES string of the molecule is c1ccc(CCCCNCC2CCCC2)cc1. The summed E-state index contributed by atoms with van der Waals surface area (Å²) in [4.78, 5) is 0. The van der Waals surface area contributed by atoms with Gasteiger partial charge in [0.05, 0.1) is 0 Å². The Labute approximate surface area is 106 Å². The molecule has 1 saturated carbocycles. The fourth-order valence-electron chi connectivity index (χ4n) is 2.74. The van der Waals surface area contributed by atoms with E-state index in [2.05, 4.69) is 35.6 Å². The summed E-state index contributed by atoms with van der Waals surface area (Å²) in [6.45, 7) is 2.45. The van der Waals surface area contributed by atoms with Gasteiger partial charge in [0.15, 0.2) is 0 Å². The van der Waals surface area contributed by atoms with Gasteiger partial charge in [-0.05, 0) is 56.7 Å². The van der Waals surface area contributed by atoms with E-state index in [-0.39, 0.29) is 0 Å². The average Bonchev–Trinajstić information content (AvgIpc) is 2.88. The van der Waals surface area contributed by atoms with E-state index in [0.717, 1.165) is 5.92 Å². The lowest BCUT2D eigenvalue weighted by molar-refractivity contribution is 0.482. The van der Waals surface area contributed by atoms with Crippen LogP contribution in [0.15, 0.2) is 30.3 Å². The first-order valence-electron chi connectivity index (χ1n) is 7.20. The molecule has 1 aromatic rings. The first-order valence-corrected chi connectivity index (χ1v) is 7.20. The molecule has 0 amide bonds. The van der Waals surface area contributed by atoms with Gasteiger partial charge in [0.2, 0.25) is 0 Å². The van der Waals surface area contributed by atoms with E-state index < -0.39 is 0 Å². The van der Waals surface area contributed by atoms with Gasteiger partial charge in [-0.1, -0.05) is 43.2 Å². The quantitative estimate of drug-likeness (QED) is 0.704. The number of nitrogens with one attached hydrogen (secondary N) is 1. The van der Waals surface area contributed by atoms with Crippen molar-refractivity contribution >= 4 is 0 Å². The molecule has 1 fully saturated rings. The summed E-state index contributed by atoms with van der Waals surface area (Å²) in [5.74, 6) is 0.976. The number of hydrogen-bond acceptors (Lipinski definition) is 1. The van der Waals surface area contributed by atoms with Crippen molar-refractivity contribution in [1.82, 2.24) is 5.32 Å². The number of unbranched alkanes of at least 4 members (excludes halogenated alkanes) is 1. The molecule has 0 unspecified atom stereocenters. The Kier molecular flexibility index (Phi) is 5.57. The zero-order valence-corrected chi connectivity index (χ0v) is 10.8. The fraction of sp³-hybridized carbons (Fsp3) is 0.625. The molecular formula is C16H25N. The Bertz CT molecular complexity index is 288. The molecule has 2 rings (SSSR count). The summed E-state index contributed by atoms with van der Waals surface area (Å²) in [5.41, 5.74) is 1.48. The second kappa shape index (κ2) is 7.50. The zero-order valence-electron chi connectivity index (χ0n) is 10.8. The third kappa shape index (κ3) is 4.91. The minimum Gasteiger partial charge on any atom is -0.316 e. The normalized spacial score (nSPS) is 16.5. The molecule has 1 aromatic carbocycles. The molecule has 0 radical (unpaired) electrons. The van der Waals surface area contributed by atoms with E-state index in [1.54, 1.807) is 0 Å². The Morgan fingerprint density at radius 3 is 2.53 bits per heavy atom. The van der Waals surface area contributed by atoms with Crippen LogP contribution in [0.3, 0.4) is 0 Å². The number of rotatable bonds is 7. The Balaban J connectivity index is 1.46. The predicted octanol–water partition coefficient (Wildman–Crippen LogP) is 3.79. The number of hydrogen-bond donors (Lipinski definition) is 1. The van der Waals surface area contributed by atoms with E-state index in [9.17, 15) is 0 Å². The van der Waals surface area contributed by atoms with Crippen LogP contribution in [0.2, 0.25) is 0 Å². The van der Waals surface area contributed by atoms with Gasteiger partial charge < -0.3 is 5.32 Å². The van der Waals surface area contributed by atoms with Crippen LogP contribution < -0.4 is 5.32 Å². The topological polar surface area (TPSA) is 12.0 Å². The standard InChI is InChI=1S/C16H25N/c1-2-8-15(9-3-1)10-6-7-13-17-14-16-11-4-5-12-16/h1-3,8-9,16-17H,4-7,10-14H2. The van der Waals surface area contributed by atoms with Crippen LogP contribution in [0.1, 0.15) is 44.1 Å². The summed E-state index contributed by atoms with van der Waals surface area (Å²) >= 11 is 0. The maximum absolute atomic E-state index is 3.61. The molecule has 1 aliphatic carbocycles. The summed E-state index contributed by atoms with van der Waals surface area (Å²) in [6, 6.07) is 10.8. The largest absolute Gasteiger partial charge is 0.316 e. The molecular weight excluding hydrogens is 206 g/mol. The van der Waals surface area contributed by atoms with Gasteiger partial charge in [-0.25, -0.2) is 0 Å². The highest BCUT2D eigenvalue weighted by molar-refractivity contribution is 5.14. The van der Waals surface area contributed by atoms with Crippen molar-refractivity contribution in [3.8, 4) is 0 Å². The van der Waals surface area contributed by atoms with Crippen LogP contribution in [0.5, 0.6) is 0 Å². The second-order valence-electron chi connectivity index (χ2n) is 5.30. The molecule has 0 spiro atoms. The molecule has 17 heavy (non-hydrogen) atoms. The molecule has 0 bridgehead atoms. The summed E-state index contributed by atoms with van der Waals surface area (Å²) in [7, 11) is 0. The van der Waals surface area contributed by atoms with Crippen molar-refractivity contribution in [3.05, 3.63) is 35.9 Å². The molecule has 94 valence electrons. The lowest BCUT2D eigenvalue weighted by atomic mass is 10.1. The minimum atomic E-state index is 0.976. The Morgan fingerprint density at radius 1 is 1.00 bits per heavy atom. The van der Waals surface area contributed by atoms with Gasteiger partial charge >= 0.3 is 0 Å². The molecule has 1 nitrogen and oxygen atoms in total. The fourth-order valence-corrected chi connectivity index (χ4v) is 2.74. The first kappa shape index (κ1) is 12.6. The van der Waals surface area contributed by atoms with Crippen molar-refractivity contribution in [2.24, 2.45) is 5.92 Å². The predicted molar refractivity (Wildman–Crippen MR) is 74.2 cm³/mol. The van der Waals surface area contributed by atoms with Gasteiger partial charge in [-0.2, -0.15) is 0 Å². The maximum atomic E-state index is 3.61. The van der Waals surface area contributed by atoms with Gasteiger partial charge in [0.1, 0.15) is 0 Å². The summed E-state index contributed by atoms with van der Waals surface area (Å²) in [6.07, 6.45) is 9.67. The van der Waals surface area contributed by atoms with E-state index in [4.69, 9.17) is 0 Å². The molecule has 0 heterocycles. The zero-order chi connectivity index (χ0) is 11.8. The van der Waals surface area contributed by atoms with Gasteiger partial charge in [-0.15, -0.1) is 0 Å². The third-order valence-corrected chi connectivity index (χ3v) is 3.82. The Hall–Kier alpha value is -0.820. The van der Waals surface area contributed by atoms with Crippen molar-refractivity contribution in [2.45, 2.75) is 44.9 Å². The molecule has 0 aromatic heterocycles. The van der Waals surface area contributed by atoms with Crippen molar-refractivity contribution < 1.29 is 0 Å². The van der Waals surface area contributed by atoms with E-state index in [1.807, 2.05) is 0 Å². The van der Waals surface area contributed by atoms with Gasteiger partial charge in [0, 0.05) is 0 Å². The smallest absolute Gasteiger partial charge is 0.00205 e. The first-order chi connectivity index (χ1) is 8.45. The highest BCUT2D eigenvalue weighted by Gasteiger charge is 2.13. The van der Waals surface area contributed by atoms with Crippen LogP contribution >= 0.6 is 0 Å². The van der Waals surface area contributed by atoms with Crippen LogP contribution in [0.25, 0.3) is 0 Å². The molecule has 0 aliphatic heterocycles. The van der Waals surface area contributed by atoms with Crippen LogP contribution in [-0.2, 0) is 6.42 Å². The molecule has 0 atom stereocenters. The highest BCUT2D eigenvalue weighted by Crippen LogP contribution is 2.23. The van der Waals surface area contributed by atoms with Crippen LogP contribution in [0.4, 0.5) is 0 Å². The van der Waals surface area contributed by atoms with Crippen molar-refractivity contribution in [1.29, 1.82) is 0 Å². The Morgan fingerprint density at radius 2 is 1.76 bits per heavy atom. The second-order valence-corrected chi connectivity index (χ2v) is 5.30. The molecule has 1 heteroatoms. The van der Waals surface area contributed by atoms with E-state index in [0.29, 0.717) is 0 Å². The molecule has 1 N–H and O–H groups in total. The number of aryl methyl sites for hydroxylation is 1. The van der Waals surface area contributed by atoms with Gasteiger partial charge in [-0.3, -0.25) is 0 Å². The number of benzene rings is 1. The van der Waals surface area contributed by atoms with Crippen LogP contribution in [0, 0.1) is 5.92 Å².